The minimum atomic E-state index is -0.592. The minimum Gasteiger partial charge on any atom is -0.450 e. The fourth-order valence-corrected chi connectivity index (χ4v) is 4.08. The van der Waals surface area contributed by atoms with Crippen molar-refractivity contribution in [3.8, 4) is 0 Å². The summed E-state index contributed by atoms with van der Waals surface area (Å²) < 4.78 is 11.0. The molecule has 0 saturated carbocycles. The lowest BCUT2D eigenvalue weighted by molar-refractivity contribution is 0.0708. The van der Waals surface area contributed by atoms with Crippen LogP contribution in [0.1, 0.15) is 39.7 Å². The number of amides is 1. The maximum atomic E-state index is 13.4. The van der Waals surface area contributed by atoms with E-state index in [9.17, 15) is 9.59 Å². The number of benzene rings is 2. The molecule has 1 aromatic heterocycles. The van der Waals surface area contributed by atoms with Crippen LogP contribution in [0.25, 0.3) is 11.0 Å². The second-order valence-electron chi connectivity index (χ2n) is 7.09. The third-order valence-electron chi connectivity index (χ3n) is 5.13. The molecule has 29 heavy (non-hydrogen) atoms. The van der Waals surface area contributed by atoms with Crippen LogP contribution in [0.3, 0.4) is 0 Å². The van der Waals surface area contributed by atoms with Gasteiger partial charge < -0.3 is 14.1 Å². The fraction of sp³-hybridized carbons (Fsp3) is 0.273. The second-order valence-corrected chi connectivity index (χ2v) is 7.91. The van der Waals surface area contributed by atoms with E-state index >= 15 is 0 Å². The summed E-state index contributed by atoms with van der Waals surface area (Å²) >= 11 is 12.3. The number of carbonyl (C=O) groups is 1. The number of methoxy groups -OCH3 is 1. The predicted molar refractivity (Wildman–Crippen MR) is 113 cm³/mol. The molecular weight excluding hydrogens is 413 g/mol. The lowest BCUT2D eigenvalue weighted by Crippen LogP contribution is -2.31. The average Bonchev–Trinajstić information content (AvgIpc) is 2.97. The Hall–Kier alpha value is -2.34. The van der Waals surface area contributed by atoms with E-state index < -0.39 is 6.04 Å². The highest BCUT2D eigenvalue weighted by atomic mass is 35.5. The van der Waals surface area contributed by atoms with Crippen LogP contribution in [0.5, 0.6) is 0 Å². The predicted octanol–water partition coefficient (Wildman–Crippen LogP) is 4.99. The fourth-order valence-electron chi connectivity index (χ4n) is 3.77. The van der Waals surface area contributed by atoms with Gasteiger partial charge in [0.05, 0.1) is 27.0 Å². The standard InChI is InChI=1S/C22H19Cl2NO4/c1-12-4-7-17-14(10-12)20(26)18-19(13-5-6-15(23)16(24)11-13)25(8-3-9-28-2)22(27)21(18)29-17/h4-7,10-11,19H,3,8-9H2,1-2H3. The van der Waals surface area contributed by atoms with Crippen LogP contribution in [0.2, 0.25) is 10.0 Å². The van der Waals surface area contributed by atoms with Crippen molar-refractivity contribution in [1.29, 1.82) is 0 Å². The molecule has 1 atom stereocenters. The molecule has 2 heterocycles. The maximum absolute atomic E-state index is 13.4. The molecule has 150 valence electrons. The molecule has 3 aromatic rings. The molecule has 0 saturated heterocycles. The Balaban J connectivity index is 1.93. The monoisotopic (exact) mass is 431 g/mol. The molecule has 4 rings (SSSR count). The van der Waals surface area contributed by atoms with E-state index in [4.69, 9.17) is 32.4 Å². The largest absolute Gasteiger partial charge is 0.450 e. The molecule has 1 aliphatic heterocycles. The van der Waals surface area contributed by atoms with E-state index in [1.165, 1.54) is 0 Å². The normalized spacial score (nSPS) is 15.9. The van der Waals surface area contributed by atoms with Crippen LogP contribution in [0.4, 0.5) is 0 Å². The Morgan fingerprint density at radius 3 is 2.62 bits per heavy atom. The van der Waals surface area contributed by atoms with E-state index in [0.29, 0.717) is 51.7 Å². The zero-order valence-corrected chi connectivity index (χ0v) is 17.5. The summed E-state index contributed by atoms with van der Waals surface area (Å²) in [5.74, 6) is -0.230. The van der Waals surface area contributed by atoms with Crippen molar-refractivity contribution in [1.82, 2.24) is 4.90 Å². The van der Waals surface area contributed by atoms with Gasteiger partial charge in [-0.3, -0.25) is 9.59 Å². The van der Waals surface area contributed by atoms with Gasteiger partial charge in [0.25, 0.3) is 5.91 Å². The Labute approximate surface area is 177 Å². The van der Waals surface area contributed by atoms with Crippen molar-refractivity contribution in [2.45, 2.75) is 19.4 Å². The van der Waals surface area contributed by atoms with Gasteiger partial charge in [-0.05, 0) is 43.2 Å². The van der Waals surface area contributed by atoms with E-state index in [1.54, 1.807) is 42.3 Å². The number of hydrogen-bond acceptors (Lipinski definition) is 4. The number of rotatable bonds is 5. The molecule has 0 bridgehead atoms. The summed E-state index contributed by atoms with van der Waals surface area (Å²) in [4.78, 5) is 28.2. The Morgan fingerprint density at radius 2 is 1.90 bits per heavy atom. The van der Waals surface area contributed by atoms with Crippen molar-refractivity contribution in [3.63, 3.8) is 0 Å². The van der Waals surface area contributed by atoms with Gasteiger partial charge in [0.15, 0.2) is 5.43 Å². The topological polar surface area (TPSA) is 59.8 Å². The maximum Gasteiger partial charge on any atom is 0.290 e. The molecule has 7 heteroatoms. The van der Waals surface area contributed by atoms with Crippen LogP contribution < -0.4 is 5.43 Å². The zero-order valence-electron chi connectivity index (χ0n) is 16.0. The van der Waals surface area contributed by atoms with E-state index in [1.807, 2.05) is 13.0 Å². The van der Waals surface area contributed by atoms with E-state index in [-0.39, 0.29) is 17.1 Å². The smallest absolute Gasteiger partial charge is 0.290 e. The molecule has 2 aromatic carbocycles. The number of aryl methyl sites for hydroxylation is 1. The second kappa shape index (κ2) is 7.82. The first-order chi connectivity index (χ1) is 13.9. The van der Waals surface area contributed by atoms with Crippen LogP contribution in [0.15, 0.2) is 45.6 Å². The molecule has 1 aliphatic rings. The van der Waals surface area contributed by atoms with Gasteiger partial charge in [-0.2, -0.15) is 0 Å². The molecule has 0 N–H and O–H groups in total. The van der Waals surface area contributed by atoms with Crippen LogP contribution in [-0.4, -0.2) is 31.1 Å². The molecule has 1 amide bonds. The quantitative estimate of drug-likeness (QED) is 0.533. The zero-order chi connectivity index (χ0) is 20.7. The number of halogens is 2. The number of nitrogens with zero attached hydrogens (tertiary/aromatic N) is 1. The van der Waals surface area contributed by atoms with Crippen molar-refractivity contribution < 1.29 is 13.9 Å². The number of fused-ring (bicyclic) bond motifs is 2. The Bertz CT molecular complexity index is 1170. The highest BCUT2D eigenvalue weighted by molar-refractivity contribution is 6.42. The van der Waals surface area contributed by atoms with Crippen molar-refractivity contribution in [3.05, 3.63) is 79.1 Å². The summed E-state index contributed by atoms with van der Waals surface area (Å²) in [6.07, 6.45) is 0.626. The summed E-state index contributed by atoms with van der Waals surface area (Å²) in [7, 11) is 1.61. The van der Waals surface area contributed by atoms with Crippen LogP contribution in [0, 0.1) is 6.92 Å². The molecule has 5 nitrogen and oxygen atoms in total. The van der Waals surface area contributed by atoms with Gasteiger partial charge >= 0.3 is 0 Å². The van der Waals surface area contributed by atoms with Crippen LogP contribution >= 0.6 is 23.2 Å². The summed E-state index contributed by atoms with van der Waals surface area (Å²) in [6, 6.07) is 9.91. The highest BCUT2D eigenvalue weighted by Crippen LogP contribution is 2.39. The van der Waals surface area contributed by atoms with Gasteiger partial charge in [0.2, 0.25) is 5.76 Å². The Morgan fingerprint density at radius 1 is 1.10 bits per heavy atom. The molecule has 0 fully saturated rings. The molecule has 0 aliphatic carbocycles. The Kier molecular flexibility index (Phi) is 5.38. The lowest BCUT2D eigenvalue weighted by Gasteiger charge is -2.25. The van der Waals surface area contributed by atoms with Gasteiger partial charge in [0, 0.05) is 20.3 Å². The van der Waals surface area contributed by atoms with Gasteiger partial charge in [-0.15, -0.1) is 0 Å². The average molecular weight is 432 g/mol. The van der Waals surface area contributed by atoms with Crippen molar-refractivity contribution in [2.24, 2.45) is 0 Å². The first-order valence-electron chi connectivity index (χ1n) is 9.24. The van der Waals surface area contributed by atoms with Gasteiger partial charge in [-0.1, -0.05) is 40.9 Å². The number of hydrogen-bond donors (Lipinski definition) is 0. The summed E-state index contributed by atoms with van der Waals surface area (Å²) in [5, 5.41) is 1.23. The number of carbonyl (C=O) groups excluding carboxylic acids is 1. The first-order valence-corrected chi connectivity index (χ1v) is 10.00. The third-order valence-corrected chi connectivity index (χ3v) is 5.87. The third kappa shape index (κ3) is 3.44. The molecule has 0 radical (unpaired) electrons. The minimum absolute atomic E-state index is 0.0832. The molecule has 1 unspecified atom stereocenters. The molecule has 0 spiro atoms. The number of ether oxygens (including phenoxy) is 1. The van der Waals surface area contributed by atoms with E-state index in [0.717, 1.165) is 5.56 Å². The molecular formula is C22H19Cl2NO4. The SMILES string of the molecule is COCCCN1C(=O)c2oc3ccc(C)cc3c(=O)c2C1c1ccc(Cl)c(Cl)c1. The van der Waals surface area contributed by atoms with Gasteiger partial charge in [0.1, 0.15) is 5.58 Å². The van der Waals surface area contributed by atoms with Crippen LogP contribution in [-0.2, 0) is 4.74 Å². The highest BCUT2D eigenvalue weighted by Gasteiger charge is 2.42. The summed E-state index contributed by atoms with van der Waals surface area (Å²) in [6.45, 7) is 2.82. The van der Waals surface area contributed by atoms with Crippen molar-refractivity contribution >= 4 is 40.1 Å². The first kappa shape index (κ1) is 20.0. The van der Waals surface area contributed by atoms with Crippen molar-refractivity contribution in [2.75, 3.05) is 20.3 Å². The lowest BCUT2D eigenvalue weighted by atomic mass is 9.98. The van der Waals surface area contributed by atoms with E-state index in [2.05, 4.69) is 0 Å². The van der Waals surface area contributed by atoms with Gasteiger partial charge in [-0.25, -0.2) is 0 Å². The summed E-state index contributed by atoms with van der Waals surface area (Å²) in [5.41, 5.74) is 2.19.